The van der Waals surface area contributed by atoms with Crippen LogP contribution in [0.15, 0.2) is 17.3 Å². The van der Waals surface area contributed by atoms with Crippen LogP contribution >= 0.6 is 17.5 Å². The maximum absolute atomic E-state index is 12.9. The van der Waals surface area contributed by atoms with Crippen molar-refractivity contribution in [3.63, 3.8) is 0 Å². The van der Waals surface area contributed by atoms with Crippen LogP contribution < -0.4 is 5.73 Å². The molecule has 3 rings (SSSR count). The van der Waals surface area contributed by atoms with Gasteiger partial charge in [-0.05, 0) is 68.3 Å². The largest absolute Gasteiger partial charge is 0.328 e. The fourth-order valence-corrected chi connectivity index (χ4v) is 8.07. The second-order valence-corrected chi connectivity index (χ2v) is 12.6. The summed E-state index contributed by atoms with van der Waals surface area (Å²) >= 11 is 0. The Hall–Kier alpha value is -0.0600. The van der Waals surface area contributed by atoms with E-state index >= 15 is 0 Å². The van der Waals surface area contributed by atoms with E-state index in [9.17, 15) is 8.42 Å². The molecule has 0 amide bonds. The maximum atomic E-state index is 12.9. The van der Waals surface area contributed by atoms with Gasteiger partial charge in [0.2, 0.25) is 0 Å². The summed E-state index contributed by atoms with van der Waals surface area (Å²) in [5.74, 6) is 0. The van der Waals surface area contributed by atoms with Crippen molar-refractivity contribution in [2.24, 2.45) is 5.73 Å². The molecule has 0 aromatic carbocycles. The lowest BCUT2D eigenvalue weighted by atomic mass is 10.1. The van der Waals surface area contributed by atoms with Crippen LogP contribution in [0.4, 0.5) is 0 Å². The maximum Gasteiger partial charge on any atom is 0.252 e. The van der Waals surface area contributed by atoms with Gasteiger partial charge < -0.3 is 5.73 Å². The van der Waals surface area contributed by atoms with Crippen LogP contribution in [0.3, 0.4) is 0 Å². The Kier molecular flexibility index (Phi) is 4.66. The van der Waals surface area contributed by atoms with Gasteiger partial charge in [-0.3, -0.25) is 4.68 Å². The van der Waals surface area contributed by atoms with Crippen molar-refractivity contribution >= 4 is 27.5 Å². The van der Waals surface area contributed by atoms with Gasteiger partial charge in [0.15, 0.2) is 0 Å². The van der Waals surface area contributed by atoms with Gasteiger partial charge in [-0.15, -0.1) is 0 Å². The topological polar surface area (TPSA) is 81.2 Å². The van der Waals surface area contributed by atoms with Gasteiger partial charge in [0.1, 0.15) is 4.90 Å². The van der Waals surface area contributed by atoms with E-state index in [-0.39, 0.29) is 5.54 Å². The Balaban J connectivity index is 1.82. The molecule has 22 heavy (non-hydrogen) atoms. The second kappa shape index (κ2) is 6.10. The van der Waals surface area contributed by atoms with Crippen LogP contribution in [0.25, 0.3) is 0 Å². The molecule has 6 nitrogen and oxygen atoms in total. The van der Waals surface area contributed by atoms with Crippen LogP contribution in [-0.2, 0) is 15.6 Å². The molecule has 0 aliphatic heterocycles. The van der Waals surface area contributed by atoms with Gasteiger partial charge in [0.25, 0.3) is 10.0 Å². The molecular formula is C13H24N4O2P2S. The van der Waals surface area contributed by atoms with Crippen LogP contribution in [0.2, 0.25) is 0 Å². The fourth-order valence-electron chi connectivity index (χ4n) is 1.90. The number of sulfonamides is 1. The molecule has 1 aromatic heterocycles. The van der Waals surface area contributed by atoms with Gasteiger partial charge in [0.05, 0.1) is 11.7 Å². The molecule has 2 atom stereocenters. The summed E-state index contributed by atoms with van der Waals surface area (Å²) in [6.07, 6.45) is 7.76. The van der Waals surface area contributed by atoms with E-state index in [1.807, 2.05) is 13.8 Å². The van der Waals surface area contributed by atoms with Gasteiger partial charge in [0, 0.05) is 12.7 Å². The summed E-state index contributed by atoms with van der Waals surface area (Å²) in [5.41, 5.74) is 6.53. The van der Waals surface area contributed by atoms with E-state index in [1.165, 1.54) is 31.9 Å². The minimum Gasteiger partial charge on any atom is -0.328 e. The number of hydrogen-bond donors (Lipinski definition) is 1. The molecular weight excluding hydrogens is 338 g/mol. The van der Waals surface area contributed by atoms with Crippen molar-refractivity contribution in [1.29, 1.82) is 0 Å². The molecule has 2 fully saturated rings. The minimum absolute atomic E-state index is 0.301. The van der Waals surface area contributed by atoms with Crippen molar-refractivity contribution in [2.75, 3.05) is 6.54 Å². The molecule has 9 heteroatoms. The van der Waals surface area contributed by atoms with Crippen LogP contribution in [-0.4, -0.2) is 39.9 Å². The van der Waals surface area contributed by atoms with Gasteiger partial charge in [-0.1, -0.05) is 0 Å². The average Bonchev–Trinajstić information content (AvgIpc) is 3.39. The second-order valence-electron chi connectivity index (χ2n) is 6.71. The highest BCUT2D eigenvalue weighted by Crippen LogP contribution is 2.54. The van der Waals surface area contributed by atoms with Crippen molar-refractivity contribution in [3.05, 3.63) is 12.4 Å². The predicted molar refractivity (Wildman–Crippen MR) is 92.3 cm³/mol. The molecule has 124 valence electrons. The molecule has 2 aliphatic carbocycles. The van der Waals surface area contributed by atoms with E-state index in [0.29, 0.717) is 40.2 Å². The van der Waals surface area contributed by atoms with Crippen LogP contribution in [0.5, 0.6) is 0 Å². The molecule has 0 radical (unpaired) electrons. The lowest BCUT2D eigenvalue weighted by Gasteiger charge is -2.23. The molecule has 2 aliphatic rings. The highest BCUT2D eigenvalue weighted by Gasteiger charge is 2.37. The first-order valence-corrected chi connectivity index (χ1v) is 11.1. The number of nitrogens with zero attached hydrogens (tertiary/aromatic N) is 3. The standard InChI is InChI=1S/C13H24N4O2P2S/c1-13(2,9-14)16-8-12(7-15-16)22(18,19)17(20-10-3-4-10)21-11-5-6-11/h7-8,10-11,20-21H,3-6,9,14H2,1-2H3. The van der Waals surface area contributed by atoms with Crippen molar-refractivity contribution < 1.29 is 8.42 Å². The third kappa shape index (κ3) is 3.70. The smallest absolute Gasteiger partial charge is 0.252 e. The normalized spacial score (nSPS) is 20.9. The lowest BCUT2D eigenvalue weighted by molar-refractivity contribution is 0.329. The van der Waals surface area contributed by atoms with Gasteiger partial charge in [-0.2, -0.15) is 8.94 Å². The molecule has 1 heterocycles. The first kappa shape index (κ1) is 16.8. The fraction of sp³-hybridized carbons (Fsp3) is 0.769. The van der Waals surface area contributed by atoms with E-state index in [4.69, 9.17) is 5.73 Å². The van der Waals surface area contributed by atoms with Crippen molar-refractivity contribution in [2.45, 2.75) is 61.3 Å². The highest BCUT2D eigenvalue weighted by molar-refractivity contribution is 7.97. The van der Waals surface area contributed by atoms with Crippen molar-refractivity contribution in [1.82, 2.24) is 13.6 Å². The third-order valence-corrected chi connectivity index (χ3v) is 10.5. The Morgan fingerprint density at radius 3 is 2.32 bits per heavy atom. The number of hydrogen-bond acceptors (Lipinski definition) is 4. The third-order valence-electron chi connectivity index (χ3n) is 3.97. The Labute approximate surface area is 135 Å². The first-order chi connectivity index (χ1) is 10.3. The monoisotopic (exact) mass is 362 g/mol. The summed E-state index contributed by atoms with van der Waals surface area (Å²) in [6, 6.07) is 0. The Morgan fingerprint density at radius 1 is 1.32 bits per heavy atom. The molecule has 2 N–H and O–H groups in total. The number of nitrogens with two attached hydrogens (primary N) is 1. The van der Waals surface area contributed by atoms with Gasteiger partial charge in [-0.25, -0.2) is 8.42 Å². The van der Waals surface area contributed by atoms with Gasteiger partial charge >= 0.3 is 0 Å². The van der Waals surface area contributed by atoms with Crippen LogP contribution in [0, 0.1) is 0 Å². The SMILES string of the molecule is CC(C)(CN)n1cc(S(=O)(=O)N(PC2CC2)PC2CC2)cn1. The molecule has 0 saturated heterocycles. The summed E-state index contributed by atoms with van der Waals surface area (Å²) in [4.78, 5) is 0.301. The summed E-state index contributed by atoms with van der Waals surface area (Å²) in [5, 5.41) is 4.23. The minimum atomic E-state index is -3.42. The average molecular weight is 362 g/mol. The van der Waals surface area contributed by atoms with E-state index < -0.39 is 10.0 Å². The lowest BCUT2D eigenvalue weighted by Crippen LogP contribution is -2.35. The quantitative estimate of drug-likeness (QED) is 0.718. The highest BCUT2D eigenvalue weighted by atomic mass is 32.2. The Morgan fingerprint density at radius 2 is 1.86 bits per heavy atom. The molecule has 0 spiro atoms. The van der Waals surface area contributed by atoms with E-state index in [1.54, 1.807) is 14.7 Å². The first-order valence-electron chi connectivity index (χ1n) is 7.66. The summed E-state index contributed by atoms with van der Waals surface area (Å²) in [6.45, 7) is 4.31. The molecule has 2 unspecified atom stereocenters. The van der Waals surface area contributed by atoms with E-state index in [2.05, 4.69) is 5.10 Å². The predicted octanol–water partition coefficient (Wildman–Crippen LogP) is 2.08. The zero-order chi connectivity index (χ0) is 16.0. The van der Waals surface area contributed by atoms with Crippen molar-refractivity contribution in [3.8, 4) is 0 Å². The van der Waals surface area contributed by atoms with E-state index in [0.717, 1.165) is 0 Å². The zero-order valence-corrected chi connectivity index (χ0v) is 15.8. The van der Waals surface area contributed by atoms with Crippen LogP contribution in [0.1, 0.15) is 39.5 Å². The summed E-state index contributed by atoms with van der Waals surface area (Å²) in [7, 11) is -2.64. The zero-order valence-electron chi connectivity index (χ0n) is 13.0. The molecule has 0 bridgehead atoms. The molecule has 2 saturated carbocycles. The number of aromatic nitrogens is 2. The molecule has 1 aromatic rings. The summed E-state index contributed by atoms with van der Waals surface area (Å²) < 4.78 is 29.3. The Bertz CT molecular complexity index is 624. The number of rotatable bonds is 8.